The summed E-state index contributed by atoms with van der Waals surface area (Å²) in [4.78, 5) is 0. The summed E-state index contributed by atoms with van der Waals surface area (Å²) < 4.78 is 2.35. The Morgan fingerprint density at radius 3 is 1.14 bits per heavy atom. The average molecular weight is 553 g/mol. The first-order valence-corrected chi connectivity index (χ1v) is 14.5. The van der Waals surface area contributed by atoms with Crippen LogP contribution in [0.2, 0.25) is 0 Å². The topological polar surface area (TPSA) is 24.1 Å². The highest BCUT2D eigenvalue weighted by atomic mass is 16.3. The van der Waals surface area contributed by atoms with Crippen LogP contribution in [-0.2, 0) is 0 Å². The van der Waals surface area contributed by atoms with E-state index in [1.54, 1.807) is 0 Å². The minimum atomic E-state index is 0.248. The van der Waals surface area contributed by atoms with Gasteiger partial charge in [-0.05, 0) is 52.6 Å². The van der Waals surface area contributed by atoms with E-state index in [2.05, 4.69) is 144 Å². The van der Waals surface area contributed by atoms with E-state index in [1.165, 1.54) is 0 Å². The van der Waals surface area contributed by atoms with Crippen molar-refractivity contribution in [1.82, 2.24) is 0 Å². The third kappa shape index (κ3) is 5.11. The van der Waals surface area contributed by atoms with E-state index in [9.17, 15) is 5.11 Å². The predicted molar refractivity (Wildman–Crippen MR) is 177 cm³/mol. The van der Waals surface area contributed by atoms with E-state index in [-0.39, 0.29) is 5.75 Å². The lowest BCUT2D eigenvalue weighted by atomic mass is 9.91. The first-order chi connectivity index (χ1) is 21.3. The Morgan fingerprint density at radius 1 is 0.326 bits per heavy atom. The Kier molecular flexibility index (Phi) is 7.09. The van der Waals surface area contributed by atoms with Crippen molar-refractivity contribution in [3.05, 3.63) is 176 Å². The van der Waals surface area contributed by atoms with Crippen LogP contribution in [0.3, 0.4) is 0 Å². The molecule has 1 N–H and O–H groups in total. The third-order valence-electron chi connectivity index (χ3n) is 7.84. The third-order valence-corrected chi connectivity index (χ3v) is 7.84. The van der Waals surface area contributed by atoms with E-state index in [0.717, 1.165) is 61.6 Å². The molecule has 2 nitrogen and oxygen atoms in total. The number of rotatable bonds is 6. The highest BCUT2D eigenvalue weighted by Gasteiger charge is 2.30. The number of hydrogen-bond acceptors (Lipinski definition) is 1. The standard InChI is InChI=1S/C41H29NO/c43-39-27-26-36(40(33-22-12-4-13-23-33)41(39)34-24-14-5-15-25-34)42-37(31-18-8-2-9-19-31)28-35(30-16-6-1-7-17-30)29-38(42)32-20-10-3-11-21-32/h1-29H/p+1. The molecule has 6 aromatic carbocycles. The number of hydrogen-bond donors (Lipinski definition) is 1. The quantitative estimate of drug-likeness (QED) is 0.204. The Bertz CT molecular complexity index is 1930. The molecule has 0 saturated carbocycles. The highest BCUT2D eigenvalue weighted by Crippen LogP contribution is 2.42. The minimum absolute atomic E-state index is 0.248. The number of phenols is 1. The Hall–Kier alpha value is -5.73. The van der Waals surface area contributed by atoms with Crippen molar-refractivity contribution in [3.8, 4) is 67.3 Å². The first-order valence-electron chi connectivity index (χ1n) is 14.5. The summed E-state index contributed by atoms with van der Waals surface area (Å²) in [6.45, 7) is 0. The van der Waals surface area contributed by atoms with Gasteiger partial charge in [-0.3, -0.25) is 0 Å². The van der Waals surface area contributed by atoms with Crippen LogP contribution in [0.4, 0.5) is 0 Å². The zero-order valence-corrected chi connectivity index (χ0v) is 23.6. The van der Waals surface area contributed by atoms with Crippen molar-refractivity contribution < 1.29 is 9.67 Å². The van der Waals surface area contributed by atoms with Crippen LogP contribution in [-0.4, -0.2) is 5.11 Å². The Morgan fingerprint density at radius 2 is 0.698 bits per heavy atom. The predicted octanol–water partition coefficient (Wildman–Crippen LogP) is 10.0. The zero-order valence-electron chi connectivity index (χ0n) is 23.6. The van der Waals surface area contributed by atoms with Crippen LogP contribution in [0.25, 0.3) is 61.6 Å². The van der Waals surface area contributed by atoms with Gasteiger partial charge in [0.2, 0.25) is 17.1 Å². The van der Waals surface area contributed by atoms with Crippen molar-refractivity contribution in [2.24, 2.45) is 0 Å². The summed E-state index contributed by atoms with van der Waals surface area (Å²) in [7, 11) is 0. The van der Waals surface area contributed by atoms with Gasteiger partial charge in [0, 0.05) is 34.9 Å². The van der Waals surface area contributed by atoms with Gasteiger partial charge in [-0.1, -0.05) is 127 Å². The van der Waals surface area contributed by atoms with Gasteiger partial charge >= 0.3 is 0 Å². The minimum Gasteiger partial charge on any atom is -0.507 e. The molecule has 43 heavy (non-hydrogen) atoms. The Balaban J connectivity index is 1.65. The van der Waals surface area contributed by atoms with E-state index < -0.39 is 0 Å². The van der Waals surface area contributed by atoms with Gasteiger partial charge in [0.15, 0.2) is 0 Å². The number of benzene rings is 6. The summed E-state index contributed by atoms with van der Waals surface area (Å²) >= 11 is 0. The van der Waals surface area contributed by atoms with Crippen molar-refractivity contribution in [1.29, 1.82) is 0 Å². The molecule has 2 heteroatoms. The van der Waals surface area contributed by atoms with Gasteiger partial charge < -0.3 is 5.11 Å². The lowest BCUT2D eigenvalue weighted by Gasteiger charge is -2.18. The number of nitrogens with zero attached hydrogens (tertiary/aromatic N) is 1. The fourth-order valence-corrected chi connectivity index (χ4v) is 5.86. The molecule has 0 amide bonds. The molecule has 0 aliphatic rings. The normalized spacial score (nSPS) is 10.9. The maximum Gasteiger partial charge on any atom is 0.220 e. The zero-order chi connectivity index (χ0) is 29.0. The van der Waals surface area contributed by atoms with Crippen LogP contribution in [0.5, 0.6) is 5.75 Å². The molecule has 0 aliphatic carbocycles. The number of aromatic hydroxyl groups is 1. The molecular weight excluding hydrogens is 522 g/mol. The van der Waals surface area contributed by atoms with Crippen molar-refractivity contribution in [3.63, 3.8) is 0 Å². The number of aromatic nitrogens is 1. The van der Waals surface area contributed by atoms with E-state index >= 15 is 0 Å². The van der Waals surface area contributed by atoms with Crippen molar-refractivity contribution in [2.45, 2.75) is 0 Å². The molecule has 0 aliphatic heterocycles. The maximum atomic E-state index is 11.4. The fourth-order valence-electron chi connectivity index (χ4n) is 5.86. The summed E-state index contributed by atoms with van der Waals surface area (Å²) in [5, 5.41) is 11.4. The fraction of sp³-hybridized carbons (Fsp3) is 0. The monoisotopic (exact) mass is 552 g/mol. The van der Waals surface area contributed by atoms with Crippen LogP contribution in [0.1, 0.15) is 0 Å². The molecule has 0 fully saturated rings. The largest absolute Gasteiger partial charge is 0.507 e. The summed E-state index contributed by atoms with van der Waals surface area (Å²) in [5.74, 6) is 0.248. The van der Waals surface area contributed by atoms with Crippen LogP contribution in [0, 0.1) is 0 Å². The number of phenolic OH excluding ortho intramolecular Hbond substituents is 1. The van der Waals surface area contributed by atoms with Gasteiger partial charge in [0.25, 0.3) is 0 Å². The molecule has 0 radical (unpaired) electrons. The second-order valence-electron chi connectivity index (χ2n) is 10.5. The van der Waals surface area contributed by atoms with E-state index in [4.69, 9.17) is 0 Å². The SMILES string of the molecule is Oc1ccc(-[n+]2c(-c3ccccc3)cc(-c3ccccc3)cc2-c2ccccc2)c(-c2ccccc2)c1-c1ccccc1. The lowest BCUT2D eigenvalue weighted by molar-refractivity contribution is -0.571. The molecule has 7 aromatic rings. The van der Waals surface area contributed by atoms with Gasteiger partial charge in [-0.2, -0.15) is 4.57 Å². The molecule has 0 saturated heterocycles. The Labute approximate surface area is 252 Å². The molecule has 0 unspecified atom stereocenters. The average Bonchev–Trinajstić information content (AvgIpc) is 3.09. The smallest absolute Gasteiger partial charge is 0.220 e. The van der Waals surface area contributed by atoms with E-state index in [1.807, 2.05) is 36.4 Å². The molecule has 204 valence electrons. The van der Waals surface area contributed by atoms with Gasteiger partial charge in [0.1, 0.15) is 5.75 Å². The highest BCUT2D eigenvalue weighted by molar-refractivity contribution is 5.92. The van der Waals surface area contributed by atoms with Crippen LogP contribution < -0.4 is 4.57 Å². The molecule has 0 bridgehead atoms. The summed E-state index contributed by atoms with van der Waals surface area (Å²) in [6, 6.07) is 60.6. The first kappa shape index (κ1) is 26.2. The second kappa shape index (κ2) is 11.6. The number of pyridine rings is 1. The van der Waals surface area contributed by atoms with Crippen LogP contribution in [0.15, 0.2) is 176 Å². The molecule has 7 rings (SSSR count). The molecular formula is C41H30NO+. The van der Waals surface area contributed by atoms with Gasteiger partial charge in [0.05, 0.1) is 5.56 Å². The van der Waals surface area contributed by atoms with Crippen LogP contribution >= 0.6 is 0 Å². The van der Waals surface area contributed by atoms with Gasteiger partial charge in [-0.15, -0.1) is 0 Å². The lowest BCUT2D eigenvalue weighted by Crippen LogP contribution is -2.37. The van der Waals surface area contributed by atoms with E-state index in [0.29, 0.717) is 0 Å². The summed E-state index contributed by atoms with van der Waals surface area (Å²) in [6.07, 6.45) is 0. The second-order valence-corrected chi connectivity index (χ2v) is 10.5. The molecule has 0 spiro atoms. The van der Waals surface area contributed by atoms with Gasteiger partial charge in [-0.25, -0.2) is 0 Å². The maximum absolute atomic E-state index is 11.4. The van der Waals surface area contributed by atoms with Crippen molar-refractivity contribution >= 4 is 0 Å². The van der Waals surface area contributed by atoms with Crippen molar-refractivity contribution in [2.75, 3.05) is 0 Å². The summed E-state index contributed by atoms with van der Waals surface area (Å²) in [5.41, 5.74) is 11.4. The molecule has 1 aromatic heterocycles. The molecule has 0 atom stereocenters. The molecule has 1 heterocycles.